The highest BCUT2D eigenvalue weighted by molar-refractivity contribution is 5.84. The molecule has 2 aromatic rings. The summed E-state index contributed by atoms with van der Waals surface area (Å²) in [5.41, 5.74) is 1.52. The average Bonchev–Trinajstić information content (AvgIpc) is 2.40. The Hall–Kier alpha value is -3.16. The largest absolute Gasteiger partial charge is 0.502 e. The molecule has 8 heteroatoms. The van der Waals surface area contributed by atoms with Crippen LogP contribution in [0, 0.1) is 47.9 Å². The van der Waals surface area contributed by atoms with Crippen molar-refractivity contribution in [2.24, 2.45) is 0 Å². The van der Waals surface area contributed by atoms with Crippen LogP contribution in [0.4, 0.5) is 11.4 Å². The monoisotopic (exact) mass is 332 g/mol. The number of nitro groups is 2. The van der Waals surface area contributed by atoms with Crippen molar-refractivity contribution in [3.8, 4) is 22.6 Å². The Morgan fingerprint density at radius 2 is 1.04 bits per heavy atom. The lowest BCUT2D eigenvalue weighted by molar-refractivity contribution is -0.386. The molecular weight excluding hydrogens is 316 g/mol. The summed E-state index contributed by atoms with van der Waals surface area (Å²) in [6, 6.07) is 2.52. The van der Waals surface area contributed by atoms with Gasteiger partial charge < -0.3 is 10.2 Å². The molecule has 24 heavy (non-hydrogen) atoms. The fourth-order valence-corrected chi connectivity index (χ4v) is 3.13. The van der Waals surface area contributed by atoms with Gasteiger partial charge in [0.25, 0.3) is 0 Å². The second-order valence-electron chi connectivity index (χ2n) is 5.64. The van der Waals surface area contributed by atoms with Gasteiger partial charge in [0.15, 0.2) is 11.5 Å². The van der Waals surface area contributed by atoms with E-state index in [1.165, 1.54) is 26.0 Å². The number of nitro benzene ring substituents is 2. The first-order valence-corrected chi connectivity index (χ1v) is 7.03. The first kappa shape index (κ1) is 17.2. The number of phenols is 2. The second-order valence-corrected chi connectivity index (χ2v) is 5.64. The Kier molecular flexibility index (Phi) is 4.16. The minimum absolute atomic E-state index is 0.212. The molecule has 126 valence electrons. The summed E-state index contributed by atoms with van der Waals surface area (Å²) in [7, 11) is 0. The normalized spacial score (nSPS) is 10.7. The number of hydrogen-bond donors (Lipinski definition) is 2. The van der Waals surface area contributed by atoms with Gasteiger partial charge in [0, 0.05) is 11.1 Å². The van der Waals surface area contributed by atoms with E-state index in [9.17, 15) is 30.4 Å². The molecule has 0 aliphatic heterocycles. The Balaban J connectivity index is 2.98. The highest BCUT2D eigenvalue weighted by Crippen LogP contribution is 2.45. The fourth-order valence-electron chi connectivity index (χ4n) is 3.13. The van der Waals surface area contributed by atoms with Crippen LogP contribution in [0.5, 0.6) is 11.5 Å². The van der Waals surface area contributed by atoms with Crippen LogP contribution in [-0.4, -0.2) is 20.1 Å². The fraction of sp³-hybridized carbons (Fsp3) is 0.250. The Morgan fingerprint density at radius 3 is 1.29 bits per heavy atom. The third-order valence-electron chi connectivity index (χ3n) is 4.06. The maximum atomic E-state index is 11.2. The Morgan fingerprint density at radius 1 is 0.750 bits per heavy atom. The molecule has 8 nitrogen and oxygen atoms in total. The van der Waals surface area contributed by atoms with E-state index in [1.54, 1.807) is 13.8 Å². The van der Waals surface area contributed by atoms with Gasteiger partial charge in [-0.05, 0) is 62.1 Å². The molecule has 0 aromatic heterocycles. The number of rotatable bonds is 3. The number of aryl methyl sites for hydroxylation is 2. The third-order valence-corrected chi connectivity index (χ3v) is 4.06. The summed E-state index contributed by atoms with van der Waals surface area (Å²) >= 11 is 0. The maximum Gasteiger partial charge on any atom is 0.314 e. The van der Waals surface area contributed by atoms with E-state index >= 15 is 0 Å². The van der Waals surface area contributed by atoms with Crippen molar-refractivity contribution in [1.82, 2.24) is 0 Å². The minimum atomic E-state index is -0.687. The predicted octanol–water partition coefficient (Wildman–Crippen LogP) is 3.81. The lowest BCUT2D eigenvalue weighted by Crippen LogP contribution is -2.02. The van der Waals surface area contributed by atoms with Crippen LogP contribution in [0.3, 0.4) is 0 Å². The molecule has 0 radical (unpaired) electrons. The SMILES string of the molecule is Cc1cc(O)c([N+](=O)[O-])c(C)c1-c1c(C)cc(O)c([N+](=O)[O-])c1C. The van der Waals surface area contributed by atoms with Crippen molar-refractivity contribution in [3.63, 3.8) is 0 Å². The number of benzene rings is 2. The molecule has 0 aliphatic carbocycles. The highest BCUT2D eigenvalue weighted by atomic mass is 16.6. The van der Waals surface area contributed by atoms with Crippen molar-refractivity contribution in [2.45, 2.75) is 27.7 Å². The average molecular weight is 332 g/mol. The molecule has 0 fully saturated rings. The summed E-state index contributed by atoms with van der Waals surface area (Å²) < 4.78 is 0. The smallest absolute Gasteiger partial charge is 0.314 e. The number of nitrogens with zero attached hydrogens (tertiary/aromatic N) is 2. The summed E-state index contributed by atoms with van der Waals surface area (Å²) in [4.78, 5) is 21.1. The Labute approximate surface area is 137 Å². The number of phenolic OH excluding ortho intramolecular Hbond substituents is 2. The minimum Gasteiger partial charge on any atom is -0.502 e. The van der Waals surface area contributed by atoms with Gasteiger partial charge in [-0.3, -0.25) is 20.2 Å². The summed E-state index contributed by atoms with van der Waals surface area (Å²) in [6.07, 6.45) is 0. The maximum absolute atomic E-state index is 11.2. The lowest BCUT2D eigenvalue weighted by Gasteiger charge is -2.17. The Bertz CT molecular complexity index is 816. The van der Waals surface area contributed by atoms with E-state index in [4.69, 9.17) is 0 Å². The van der Waals surface area contributed by atoms with Crippen LogP contribution in [0.15, 0.2) is 12.1 Å². The first-order valence-electron chi connectivity index (χ1n) is 7.03. The third kappa shape index (κ3) is 2.51. The van der Waals surface area contributed by atoms with E-state index in [1.807, 2.05) is 0 Å². The molecule has 0 saturated carbocycles. The molecule has 0 amide bonds. The van der Waals surface area contributed by atoms with Crippen molar-refractivity contribution in [2.75, 3.05) is 0 Å². The second kappa shape index (κ2) is 5.80. The van der Waals surface area contributed by atoms with Crippen LogP contribution in [0.1, 0.15) is 22.3 Å². The molecule has 0 atom stereocenters. The summed E-state index contributed by atoms with van der Waals surface area (Å²) in [6.45, 7) is 6.28. The quantitative estimate of drug-likeness (QED) is 0.650. The van der Waals surface area contributed by atoms with E-state index < -0.39 is 32.7 Å². The van der Waals surface area contributed by atoms with Gasteiger partial charge in [0.1, 0.15) is 0 Å². The van der Waals surface area contributed by atoms with Crippen LogP contribution in [0.25, 0.3) is 11.1 Å². The topological polar surface area (TPSA) is 127 Å². The van der Waals surface area contributed by atoms with Gasteiger partial charge in [-0.1, -0.05) is 0 Å². The van der Waals surface area contributed by atoms with Crippen LogP contribution in [-0.2, 0) is 0 Å². The zero-order valence-corrected chi connectivity index (χ0v) is 13.6. The van der Waals surface area contributed by atoms with Gasteiger partial charge in [0.05, 0.1) is 9.85 Å². The van der Waals surface area contributed by atoms with Gasteiger partial charge >= 0.3 is 11.4 Å². The molecule has 2 rings (SSSR count). The van der Waals surface area contributed by atoms with Crippen molar-refractivity contribution >= 4 is 11.4 Å². The van der Waals surface area contributed by atoms with E-state index in [2.05, 4.69) is 0 Å². The van der Waals surface area contributed by atoms with Gasteiger partial charge in [0.2, 0.25) is 0 Å². The molecule has 2 aromatic carbocycles. The van der Waals surface area contributed by atoms with Crippen LogP contribution >= 0.6 is 0 Å². The van der Waals surface area contributed by atoms with Crippen molar-refractivity contribution in [1.29, 1.82) is 0 Å². The molecule has 0 bridgehead atoms. The molecular formula is C16H16N2O6. The highest BCUT2D eigenvalue weighted by Gasteiger charge is 2.28. The predicted molar refractivity (Wildman–Crippen MR) is 87.5 cm³/mol. The lowest BCUT2D eigenvalue weighted by atomic mass is 9.87. The van der Waals surface area contributed by atoms with Crippen LogP contribution < -0.4 is 0 Å². The zero-order valence-electron chi connectivity index (χ0n) is 13.6. The van der Waals surface area contributed by atoms with E-state index in [0.29, 0.717) is 22.3 Å². The van der Waals surface area contributed by atoms with Gasteiger partial charge in [-0.15, -0.1) is 0 Å². The van der Waals surface area contributed by atoms with Gasteiger partial charge in [-0.2, -0.15) is 0 Å². The van der Waals surface area contributed by atoms with Crippen molar-refractivity contribution in [3.05, 3.63) is 54.6 Å². The molecule has 2 N–H and O–H groups in total. The zero-order chi connectivity index (χ0) is 18.3. The molecule has 0 unspecified atom stereocenters. The van der Waals surface area contributed by atoms with E-state index in [0.717, 1.165) is 0 Å². The van der Waals surface area contributed by atoms with E-state index in [-0.39, 0.29) is 11.1 Å². The molecule has 0 spiro atoms. The molecule has 0 saturated heterocycles. The summed E-state index contributed by atoms with van der Waals surface area (Å²) in [5, 5.41) is 42.2. The first-order chi connectivity index (χ1) is 11.1. The molecule has 0 aliphatic rings. The summed E-state index contributed by atoms with van der Waals surface area (Å²) in [5.74, 6) is -0.912. The number of aromatic hydroxyl groups is 2. The number of hydrogen-bond acceptors (Lipinski definition) is 6. The van der Waals surface area contributed by atoms with Gasteiger partial charge in [-0.25, -0.2) is 0 Å². The molecule has 0 heterocycles. The van der Waals surface area contributed by atoms with Crippen LogP contribution in [0.2, 0.25) is 0 Å². The standard InChI is InChI=1S/C16H16N2O6/c1-7-5-11(19)15(17(21)22)9(3)13(7)14-8(2)6-12(20)16(10(14)4)18(23)24/h5-6,19-20H,1-4H3. The van der Waals surface area contributed by atoms with Crippen molar-refractivity contribution < 1.29 is 20.1 Å².